The highest BCUT2D eigenvalue weighted by Crippen LogP contribution is 2.25. The molecule has 0 aromatic heterocycles. The van der Waals surface area contributed by atoms with Crippen LogP contribution in [0.4, 0.5) is 5.69 Å². The molecule has 128 valence electrons. The van der Waals surface area contributed by atoms with E-state index in [1.54, 1.807) is 18.2 Å². The van der Waals surface area contributed by atoms with Crippen LogP contribution in [0.25, 0.3) is 0 Å². The Morgan fingerprint density at radius 3 is 2.61 bits per heavy atom. The fourth-order valence-corrected chi connectivity index (χ4v) is 2.43. The van der Waals surface area contributed by atoms with E-state index in [0.29, 0.717) is 34.7 Å². The number of hydrogen-bond acceptors (Lipinski definition) is 4. The van der Waals surface area contributed by atoms with E-state index < -0.39 is 0 Å². The average molecular weight is 361 g/mol. The molecule has 0 heterocycles. The van der Waals surface area contributed by atoms with Crippen LogP contribution in [0.15, 0.2) is 18.2 Å². The third-order valence-corrected chi connectivity index (χ3v) is 3.62. The fourth-order valence-electron chi connectivity index (χ4n) is 2.09. The van der Waals surface area contributed by atoms with Crippen molar-refractivity contribution in [2.24, 2.45) is 5.92 Å². The van der Waals surface area contributed by atoms with E-state index in [1.165, 1.54) is 7.11 Å². The lowest BCUT2D eigenvalue weighted by Gasteiger charge is -2.23. The molecule has 0 saturated carbocycles. The molecule has 5 nitrogen and oxygen atoms in total. The standard InChI is InChI=1S/C16H22Cl2N2O3/c1-11(2)9-20(7-6-16(22)23-3)10-15(21)19-14-8-12(17)4-5-13(14)18/h4-5,8,11H,6-7,9-10H2,1-3H3,(H,19,21). The van der Waals surface area contributed by atoms with Crippen LogP contribution in [0.2, 0.25) is 10.0 Å². The van der Waals surface area contributed by atoms with E-state index in [1.807, 2.05) is 4.90 Å². The van der Waals surface area contributed by atoms with E-state index in [9.17, 15) is 9.59 Å². The summed E-state index contributed by atoms with van der Waals surface area (Å²) in [6, 6.07) is 4.88. The predicted molar refractivity (Wildman–Crippen MR) is 93.0 cm³/mol. The first kappa shape index (κ1) is 19.7. The minimum atomic E-state index is -0.294. The van der Waals surface area contributed by atoms with Crippen molar-refractivity contribution < 1.29 is 14.3 Å². The number of hydrogen-bond donors (Lipinski definition) is 1. The molecule has 1 aromatic rings. The van der Waals surface area contributed by atoms with E-state index in [2.05, 4.69) is 23.9 Å². The number of amides is 1. The van der Waals surface area contributed by atoms with Crippen LogP contribution in [-0.4, -0.2) is 43.5 Å². The maximum atomic E-state index is 12.2. The topological polar surface area (TPSA) is 58.6 Å². The normalized spacial score (nSPS) is 10.9. The third-order valence-electron chi connectivity index (χ3n) is 3.05. The van der Waals surface area contributed by atoms with Gasteiger partial charge in [-0.05, 0) is 24.1 Å². The molecular weight excluding hydrogens is 339 g/mol. The van der Waals surface area contributed by atoms with Crippen LogP contribution >= 0.6 is 23.2 Å². The van der Waals surface area contributed by atoms with Crippen LogP contribution in [0.5, 0.6) is 0 Å². The Kier molecular flexibility index (Phi) is 8.37. The molecule has 1 rings (SSSR count). The van der Waals surface area contributed by atoms with Crippen molar-refractivity contribution in [1.82, 2.24) is 4.90 Å². The van der Waals surface area contributed by atoms with Crippen molar-refractivity contribution in [3.8, 4) is 0 Å². The van der Waals surface area contributed by atoms with Crippen LogP contribution in [0, 0.1) is 5.92 Å². The van der Waals surface area contributed by atoms with Gasteiger partial charge in [-0.1, -0.05) is 37.0 Å². The fraction of sp³-hybridized carbons (Fsp3) is 0.500. The first-order chi connectivity index (χ1) is 10.8. The van der Waals surface area contributed by atoms with E-state index >= 15 is 0 Å². The second-order valence-corrected chi connectivity index (χ2v) is 6.47. The Labute approximate surface area is 146 Å². The highest BCUT2D eigenvalue weighted by atomic mass is 35.5. The van der Waals surface area contributed by atoms with Gasteiger partial charge in [-0.3, -0.25) is 14.5 Å². The van der Waals surface area contributed by atoms with Crippen LogP contribution in [-0.2, 0) is 14.3 Å². The summed E-state index contributed by atoms with van der Waals surface area (Å²) in [5, 5.41) is 3.66. The largest absolute Gasteiger partial charge is 0.469 e. The average Bonchev–Trinajstić information content (AvgIpc) is 2.47. The number of esters is 1. The molecule has 0 fully saturated rings. The summed E-state index contributed by atoms with van der Waals surface area (Å²) >= 11 is 11.9. The number of carbonyl (C=O) groups excluding carboxylic acids is 2. The van der Waals surface area contributed by atoms with Crippen LogP contribution in [0.1, 0.15) is 20.3 Å². The quantitative estimate of drug-likeness (QED) is 0.721. The van der Waals surface area contributed by atoms with Crippen molar-refractivity contribution in [1.29, 1.82) is 0 Å². The Balaban J connectivity index is 2.64. The maximum absolute atomic E-state index is 12.2. The molecule has 1 N–H and O–H groups in total. The van der Waals surface area contributed by atoms with Gasteiger partial charge in [-0.2, -0.15) is 0 Å². The van der Waals surface area contributed by atoms with E-state index in [-0.39, 0.29) is 24.8 Å². The predicted octanol–water partition coefficient (Wildman–Crippen LogP) is 3.45. The van der Waals surface area contributed by atoms with Gasteiger partial charge in [0.2, 0.25) is 5.91 Å². The molecule has 7 heteroatoms. The highest BCUT2D eigenvalue weighted by Gasteiger charge is 2.15. The molecule has 1 aromatic carbocycles. The lowest BCUT2D eigenvalue weighted by atomic mass is 10.2. The highest BCUT2D eigenvalue weighted by molar-refractivity contribution is 6.35. The maximum Gasteiger partial charge on any atom is 0.306 e. The molecule has 0 atom stereocenters. The number of nitrogens with one attached hydrogen (secondary N) is 1. The lowest BCUT2D eigenvalue weighted by molar-refractivity contribution is -0.141. The van der Waals surface area contributed by atoms with Gasteiger partial charge < -0.3 is 10.1 Å². The van der Waals surface area contributed by atoms with Gasteiger partial charge in [0.25, 0.3) is 0 Å². The number of anilines is 1. The summed E-state index contributed by atoms with van der Waals surface area (Å²) < 4.78 is 4.64. The van der Waals surface area contributed by atoms with Crippen molar-refractivity contribution in [2.45, 2.75) is 20.3 Å². The molecule has 0 aliphatic heterocycles. The molecule has 0 radical (unpaired) electrons. The number of ether oxygens (including phenoxy) is 1. The zero-order valence-electron chi connectivity index (χ0n) is 13.6. The first-order valence-corrected chi connectivity index (χ1v) is 8.11. The lowest BCUT2D eigenvalue weighted by Crippen LogP contribution is -2.37. The Morgan fingerprint density at radius 1 is 1.30 bits per heavy atom. The van der Waals surface area contributed by atoms with Gasteiger partial charge >= 0.3 is 5.97 Å². The first-order valence-electron chi connectivity index (χ1n) is 7.36. The van der Waals surface area contributed by atoms with E-state index in [0.717, 1.165) is 0 Å². The summed E-state index contributed by atoms with van der Waals surface area (Å²) in [5.74, 6) is -0.132. The van der Waals surface area contributed by atoms with Gasteiger partial charge in [-0.15, -0.1) is 0 Å². The summed E-state index contributed by atoms with van der Waals surface area (Å²) in [6.45, 7) is 5.43. The summed E-state index contributed by atoms with van der Waals surface area (Å²) in [6.07, 6.45) is 0.244. The van der Waals surface area contributed by atoms with Crippen molar-refractivity contribution in [2.75, 3.05) is 32.1 Å². The number of benzene rings is 1. The second kappa shape index (κ2) is 9.75. The molecule has 1 amide bonds. The zero-order valence-corrected chi connectivity index (χ0v) is 15.1. The summed E-state index contributed by atoms with van der Waals surface area (Å²) in [5.41, 5.74) is 0.474. The Bertz CT molecular complexity index is 550. The summed E-state index contributed by atoms with van der Waals surface area (Å²) in [7, 11) is 1.35. The van der Waals surface area contributed by atoms with Gasteiger partial charge in [0, 0.05) is 18.1 Å². The van der Waals surface area contributed by atoms with E-state index in [4.69, 9.17) is 23.2 Å². The molecule has 23 heavy (non-hydrogen) atoms. The van der Waals surface area contributed by atoms with Gasteiger partial charge in [-0.25, -0.2) is 0 Å². The number of nitrogens with zero attached hydrogens (tertiary/aromatic N) is 1. The molecule has 0 bridgehead atoms. The number of halogens is 2. The zero-order chi connectivity index (χ0) is 17.4. The molecule has 0 aliphatic carbocycles. The van der Waals surface area contributed by atoms with Crippen LogP contribution < -0.4 is 5.32 Å². The van der Waals surface area contributed by atoms with Gasteiger partial charge in [0.1, 0.15) is 0 Å². The van der Waals surface area contributed by atoms with Crippen molar-refractivity contribution in [3.05, 3.63) is 28.2 Å². The number of methoxy groups -OCH3 is 1. The number of carbonyl (C=O) groups is 2. The molecular formula is C16H22Cl2N2O3. The van der Waals surface area contributed by atoms with Gasteiger partial charge in [0.15, 0.2) is 0 Å². The minimum Gasteiger partial charge on any atom is -0.469 e. The molecule has 0 spiro atoms. The van der Waals surface area contributed by atoms with Gasteiger partial charge in [0.05, 0.1) is 30.8 Å². The SMILES string of the molecule is COC(=O)CCN(CC(=O)Nc1cc(Cl)ccc1Cl)CC(C)C. The smallest absolute Gasteiger partial charge is 0.306 e. The molecule has 0 aliphatic rings. The Morgan fingerprint density at radius 2 is 2.00 bits per heavy atom. The Hall–Kier alpha value is -1.30. The monoisotopic (exact) mass is 360 g/mol. The van der Waals surface area contributed by atoms with Crippen LogP contribution in [0.3, 0.4) is 0 Å². The van der Waals surface area contributed by atoms with Crippen molar-refractivity contribution >= 4 is 40.8 Å². The second-order valence-electron chi connectivity index (χ2n) is 5.63. The minimum absolute atomic E-state index is 0.165. The van der Waals surface area contributed by atoms with Crippen molar-refractivity contribution in [3.63, 3.8) is 0 Å². The molecule has 0 unspecified atom stereocenters. The third kappa shape index (κ3) is 7.68. The molecule has 0 saturated heterocycles. The summed E-state index contributed by atoms with van der Waals surface area (Å²) in [4.78, 5) is 25.4. The number of rotatable bonds is 8.